The van der Waals surface area contributed by atoms with Gasteiger partial charge in [0.1, 0.15) is 0 Å². The molecule has 7 heteroatoms. The van der Waals surface area contributed by atoms with Gasteiger partial charge in [0.15, 0.2) is 0 Å². The van der Waals surface area contributed by atoms with Crippen LogP contribution in [-0.2, 0) is 9.53 Å². The Morgan fingerprint density at radius 3 is 2.40 bits per heavy atom. The van der Waals surface area contributed by atoms with Crippen LogP contribution in [0.1, 0.15) is 6.42 Å². The SMILES string of the molecule is CN(C)C(=O)N1CCN(C(=O)CC2COCCN2)CC1. The predicted molar refractivity (Wildman–Crippen MR) is 74.5 cm³/mol. The van der Waals surface area contributed by atoms with Crippen LogP contribution in [0.2, 0.25) is 0 Å². The molecule has 7 nitrogen and oxygen atoms in total. The van der Waals surface area contributed by atoms with Crippen molar-refractivity contribution in [3.05, 3.63) is 0 Å². The van der Waals surface area contributed by atoms with E-state index < -0.39 is 0 Å². The lowest BCUT2D eigenvalue weighted by molar-refractivity contribution is -0.133. The molecule has 0 spiro atoms. The first kappa shape index (κ1) is 15.1. The van der Waals surface area contributed by atoms with Gasteiger partial charge in [0.25, 0.3) is 0 Å². The van der Waals surface area contributed by atoms with Crippen molar-refractivity contribution in [1.82, 2.24) is 20.0 Å². The number of rotatable bonds is 2. The number of morpholine rings is 1. The molecule has 0 radical (unpaired) electrons. The summed E-state index contributed by atoms with van der Waals surface area (Å²) in [5.41, 5.74) is 0. The maximum atomic E-state index is 12.2. The minimum absolute atomic E-state index is 0.0134. The summed E-state index contributed by atoms with van der Waals surface area (Å²) in [6, 6.07) is 0.136. The third-order valence-electron chi connectivity index (χ3n) is 3.70. The first-order chi connectivity index (χ1) is 9.58. The summed E-state index contributed by atoms with van der Waals surface area (Å²) in [6.45, 7) is 4.58. The fraction of sp³-hybridized carbons (Fsp3) is 0.846. The van der Waals surface area contributed by atoms with Gasteiger partial charge in [-0.15, -0.1) is 0 Å². The van der Waals surface area contributed by atoms with E-state index in [2.05, 4.69) is 5.32 Å². The molecule has 0 bridgehead atoms. The van der Waals surface area contributed by atoms with Gasteiger partial charge in [-0.25, -0.2) is 4.79 Å². The quantitative estimate of drug-likeness (QED) is 0.720. The Bertz CT molecular complexity index is 348. The minimum Gasteiger partial charge on any atom is -0.378 e. The first-order valence-electron chi connectivity index (χ1n) is 7.13. The van der Waals surface area contributed by atoms with Crippen molar-refractivity contribution in [2.24, 2.45) is 0 Å². The van der Waals surface area contributed by atoms with E-state index in [9.17, 15) is 9.59 Å². The van der Waals surface area contributed by atoms with Crippen LogP contribution >= 0.6 is 0 Å². The van der Waals surface area contributed by atoms with Crippen LogP contribution in [0.25, 0.3) is 0 Å². The van der Waals surface area contributed by atoms with Gasteiger partial charge in [-0.2, -0.15) is 0 Å². The highest BCUT2D eigenvalue weighted by molar-refractivity contribution is 5.78. The number of nitrogens with zero attached hydrogens (tertiary/aromatic N) is 3. The molecule has 0 aromatic heterocycles. The van der Waals surface area contributed by atoms with Gasteiger partial charge in [0.2, 0.25) is 5.91 Å². The topological polar surface area (TPSA) is 65.1 Å². The summed E-state index contributed by atoms with van der Waals surface area (Å²) in [5, 5.41) is 3.29. The lowest BCUT2D eigenvalue weighted by Gasteiger charge is -2.36. The second-order valence-electron chi connectivity index (χ2n) is 5.47. The number of piperazine rings is 1. The molecule has 3 amide bonds. The van der Waals surface area contributed by atoms with Crippen molar-refractivity contribution in [1.29, 1.82) is 0 Å². The molecular formula is C13H24N4O3. The molecule has 1 atom stereocenters. The molecule has 0 aliphatic carbocycles. The minimum atomic E-state index is 0.0134. The van der Waals surface area contributed by atoms with E-state index in [0.29, 0.717) is 39.2 Å². The number of ether oxygens (including phenoxy) is 1. The standard InChI is InChI=1S/C13H24N4O3/c1-15(2)13(19)17-6-4-16(5-7-17)12(18)9-11-10-20-8-3-14-11/h11,14H,3-10H2,1-2H3. The third-order valence-corrected chi connectivity index (χ3v) is 3.70. The van der Waals surface area contributed by atoms with Crippen LogP contribution in [0.15, 0.2) is 0 Å². The van der Waals surface area contributed by atoms with Gasteiger partial charge in [-0.3, -0.25) is 4.79 Å². The number of hydrogen-bond donors (Lipinski definition) is 1. The maximum absolute atomic E-state index is 12.2. The van der Waals surface area contributed by atoms with Crippen molar-refractivity contribution in [2.75, 3.05) is 60.0 Å². The molecule has 2 saturated heterocycles. The van der Waals surface area contributed by atoms with Crippen LogP contribution < -0.4 is 5.32 Å². The summed E-state index contributed by atoms with van der Waals surface area (Å²) in [4.78, 5) is 29.2. The highest BCUT2D eigenvalue weighted by Gasteiger charge is 2.26. The van der Waals surface area contributed by atoms with Crippen molar-refractivity contribution >= 4 is 11.9 Å². The van der Waals surface area contributed by atoms with Gasteiger partial charge in [0, 0.05) is 59.3 Å². The van der Waals surface area contributed by atoms with Crippen LogP contribution in [-0.4, -0.2) is 92.7 Å². The molecule has 1 unspecified atom stereocenters. The normalized spacial score (nSPS) is 23.6. The average Bonchev–Trinajstić information content (AvgIpc) is 2.47. The summed E-state index contributed by atoms with van der Waals surface area (Å²) in [7, 11) is 3.49. The van der Waals surface area contributed by atoms with E-state index in [1.807, 2.05) is 4.90 Å². The lowest BCUT2D eigenvalue weighted by atomic mass is 10.1. The third kappa shape index (κ3) is 3.83. The summed E-state index contributed by atoms with van der Waals surface area (Å²) < 4.78 is 5.35. The van der Waals surface area contributed by atoms with E-state index in [-0.39, 0.29) is 18.0 Å². The zero-order valence-electron chi connectivity index (χ0n) is 12.3. The number of carbonyl (C=O) groups is 2. The highest BCUT2D eigenvalue weighted by Crippen LogP contribution is 2.08. The second-order valence-corrected chi connectivity index (χ2v) is 5.47. The Labute approximate surface area is 119 Å². The molecule has 20 heavy (non-hydrogen) atoms. The Hall–Kier alpha value is -1.34. The molecule has 1 N–H and O–H groups in total. The molecule has 2 rings (SSSR count). The molecule has 0 saturated carbocycles. The van der Waals surface area contributed by atoms with Crippen LogP contribution in [0.5, 0.6) is 0 Å². The summed E-state index contributed by atoms with van der Waals surface area (Å²) >= 11 is 0. The fourth-order valence-corrected chi connectivity index (χ4v) is 2.52. The first-order valence-corrected chi connectivity index (χ1v) is 7.13. The van der Waals surface area contributed by atoms with Crippen LogP contribution in [0.4, 0.5) is 4.79 Å². The molecular weight excluding hydrogens is 260 g/mol. The largest absolute Gasteiger partial charge is 0.378 e. The van der Waals surface area contributed by atoms with Gasteiger partial charge in [0.05, 0.1) is 13.2 Å². The zero-order valence-corrected chi connectivity index (χ0v) is 12.3. The van der Waals surface area contributed by atoms with Gasteiger partial charge < -0.3 is 24.8 Å². The molecule has 114 valence electrons. The smallest absolute Gasteiger partial charge is 0.319 e. The number of nitrogens with one attached hydrogen (secondary N) is 1. The maximum Gasteiger partial charge on any atom is 0.319 e. The van der Waals surface area contributed by atoms with E-state index >= 15 is 0 Å². The van der Waals surface area contributed by atoms with E-state index in [1.54, 1.807) is 23.9 Å². The Balaban J connectivity index is 1.75. The second kappa shape index (κ2) is 6.90. The molecule has 2 heterocycles. The molecule has 2 fully saturated rings. The highest BCUT2D eigenvalue weighted by atomic mass is 16.5. The summed E-state index contributed by atoms with van der Waals surface area (Å²) in [6.07, 6.45) is 0.474. The van der Waals surface area contributed by atoms with Crippen molar-refractivity contribution in [2.45, 2.75) is 12.5 Å². The Morgan fingerprint density at radius 1 is 1.20 bits per heavy atom. The van der Waals surface area contributed by atoms with Crippen molar-refractivity contribution in [3.63, 3.8) is 0 Å². The van der Waals surface area contributed by atoms with Crippen molar-refractivity contribution in [3.8, 4) is 0 Å². The zero-order chi connectivity index (χ0) is 14.5. The van der Waals surface area contributed by atoms with Crippen LogP contribution in [0, 0.1) is 0 Å². The monoisotopic (exact) mass is 284 g/mol. The van der Waals surface area contributed by atoms with E-state index in [4.69, 9.17) is 4.74 Å². The van der Waals surface area contributed by atoms with E-state index in [1.165, 1.54) is 0 Å². The Morgan fingerprint density at radius 2 is 1.85 bits per heavy atom. The predicted octanol–water partition coefficient (Wildman–Crippen LogP) is -0.809. The molecule has 0 aromatic rings. The fourth-order valence-electron chi connectivity index (χ4n) is 2.52. The number of urea groups is 1. The molecule has 0 aromatic carbocycles. The number of amides is 3. The van der Waals surface area contributed by atoms with Gasteiger partial charge in [-0.05, 0) is 0 Å². The molecule has 2 aliphatic rings. The van der Waals surface area contributed by atoms with Crippen LogP contribution in [0.3, 0.4) is 0 Å². The van der Waals surface area contributed by atoms with Crippen molar-refractivity contribution < 1.29 is 14.3 Å². The lowest BCUT2D eigenvalue weighted by Crippen LogP contribution is -2.54. The van der Waals surface area contributed by atoms with Gasteiger partial charge >= 0.3 is 6.03 Å². The van der Waals surface area contributed by atoms with Gasteiger partial charge in [-0.1, -0.05) is 0 Å². The summed E-state index contributed by atoms with van der Waals surface area (Å²) in [5.74, 6) is 0.143. The Kier molecular flexibility index (Phi) is 5.19. The number of hydrogen-bond acceptors (Lipinski definition) is 4. The van der Waals surface area contributed by atoms with E-state index in [0.717, 1.165) is 13.2 Å². The average molecular weight is 284 g/mol. The number of carbonyl (C=O) groups excluding carboxylic acids is 2. The molecule has 2 aliphatic heterocycles.